The maximum absolute atomic E-state index is 12.7. The van der Waals surface area contributed by atoms with Crippen LogP contribution in [0.5, 0.6) is 0 Å². The van der Waals surface area contributed by atoms with E-state index in [1.54, 1.807) is 6.92 Å². The van der Waals surface area contributed by atoms with E-state index >= 15 is 0 Å². The van der Waals surface area contributed by atoms with Gasteiger partial charge >= 0.3 is 0 Å². The Morgan fingerprint density at radius 1 is 1.20 bits per heavy atom. The largest absolute Gasteiger partial charge is 0.392 e. The second-order valence-corrected chi connectivity index (χ2v) is 6.52. The highest BCUT2D eigenvalue weighted by atomic mass is 16.6. The molecule has 2 bridgehead atoms. The van der Waals surface area contributed by atoms with E-state index in [-0.39, 0.29) is 16.6 Å². The second-order valence-electron chi connectivity index (χ2n) is 6.52. The molecular formula is C15H25NO4. The molecule has 2 aliphatic rings. The molecule has 0 heterocycles. The fourth-order valence-corrected chi connectivity index (χ4v) is 3.98. The highest BCUT2D eigenvalue weighted by Crippen LogP contribution is 2.42. The predicted molar refractivity (Wildman–Crippen MR) is 74.9 cm³/mol. The molecule has 2 rings (SSSR count). The van der Waals surface area contributed by atoms with Crippen LogP contribution in [0.25, 0.3) is 0 Å². The topological polar surface area (TPSA) is 80.4 Å². The zero-order chi connectivity index (χ0) is 14.8. The normalized spacial score (nSPS) is 39.9. The van der Waals surface area contributed by atoms with E-state index in [4.69, 9.17) is 0 Å². The first-order valence-corrected chi connectivity index (χ1v) is 7.87. The number of carbonyl (C=O) groups is 1. The minimum absolute atomic E-state index is 0.310. The van der Waals surface area contributed by atoms with Gasteiger partial charge in [-0.2, -0.15) is 0 Å². The molecule has 5 nitrogen and oxygen atoms in total. The molecule has 0 radical (unpaired) electrons. The van der Waals surface area contributed by atoms with Crippen LogP contribution in [0, 0.1) is 22.0 Å². The Morgan fingerprint density at radius 3 is 2.45 bits per heavy atom. The molecule has 0 aromatic heterocycles. The predicted octanol–water partition coefficient (Wildman–Crippen LogP) is 2.72. The summed E-state index contributed by atoms with van der Waals surface area (Å²) in [4.78, 5) is 24.1. The van der Waals surface area contributed by atoms with Crippen LogP contribution in [0.3, 0.4) is 0 Å². The van der Waals surface area contributed by atoms with Gasteiger partial charge in [-0.05, 0) is 19.3 Å². The van der Waals surface area contributed by atoms with E-state index in [1.807, 2.05) is 0 Å². The Balaban J connectivity index is 2.33. The summed E-state index contributed by atoms with van der Waals surface area (Å²) >= 11 is 0. The van der Waals surface area contributed by atoms with E-state index in [0.29, 0.717) is 19.3 Å². The number of fused-ring (bicyclic) bond motifs is 2. The highest BCUT2D eigenvalue weighted by Gasteiger charge is 2.60. The number of ketones is 1. The van der Waals surface area contributed by atoms with Gasteiger partial charge in [-0.15, -0.1) is 0 Å². The average molecular weight is 283 g/mol. The molecule has 20 heavy (non-hydrogen) atoms. The molecule has 0 spiro atoms. The molecular weight excluding hydrogens is 258 g/mol. The van der Waals surface area contributed by atoms with Crippen LogP contribution in [0.2, 0.25) is 0 Å². The lowest BCUT2D eigenvalue weighted by atomic mass is 9.64. The fourth-order valence-electron chi connectivity index (χ4n) is 3.98. The first kappa shape index (κ1) is 15.4. The maximum atomic E-state index is 12.7. The lowest BCUT2D eigenvalue weighted by molar-refractivity contribution is -0.566. The molecule has 0 aromatic rings. The standard InChI is InChI=1S/C15H25NO4/c1-11-10-13(17)12-8-6-4-2-3-5-7-9-15(11,14(12)18)16(19)20/h11-13,17H,2-10H2,1H3/t11-,12-,13-,15+/m0/s1. The van der Waals surface area contributed by atoms with Crippen LogP contribution < -0.4 is 0 Å². The number of aliphatic hydroxyl groups excluding tert-OH is 1. The number of nitrogens with zero attached hydrogens (tertiary/aromatic N) is 1. The highest BCUT2D eigenvalue weighted by molar-refractivity contribution is 5.90. The minimum Gasteiger partial charge on any atom is -0.392 e. The van der Waals surface area contributed by atoms with Crippen molar-refractivity contribution in [3.05, 3.63) is 10.1 Å². The lowest BCUT2D eigenvalue weighted by Gasteiger charge is -2.40. The number of carbonyl (C=O) groups excluding carboxylic acids is 1. The van der Waals surface area contributed by atoms with E-state index in [0.717, 1.165) is 38.5 Å². The van der Waals surface area contributed by atoms with Gasteiger partial charge in [-0.3, -0.25) is 14.9 Å². The van der Waals surface area contributed by atoms with Crippen LogP contribution in [0.1, 0.15) is 64.7 Å². The van der Waals surface area contributed by atoms with Gasteiger partial charge in [-0.25, -0.2) is 0 Å². The maximum Gasteiger partial charge on any atom is 0.282 e. The SMILES string of the molecule is C[C@H]1C[C@H](O)[C@@H]2CCCCCCCC[C@]1([N+](=O)[O-])C2=O. The van der Waals surface area contributed by atoms with E-state index in [9.17, 15) is 20.0 Å². The quantitative estimate of drug-likeness (QED) is 0.592. The summed E-state index contributed by atoms with van der Waals surface area (Å²) < 4.78 is 0. The fraction of sp³-hybridized carbons (Fsp3) is 0.933. The first-order valence-electron chi connectivity index (χ1n) is 7.87. The Bertz CT molecular complexity index is 384. The van der Waals surface area contributed by atoms with Crippen molar-refractivity contribution in [3.8, 4) is 0 Å². The molecule has 5 heteroatoms. The van der Waals surface area contributed by atoms with Crippen LogP contribution >= 0.6 is 0 Å². The zero-order valence-corrected chi connectivity index (χ0v) is 12.2. The molecule has 2 aliphatic carbocycles. The number of hydrogen-bond donors (Lipinski definition) is 1. The van der Waals surface area contributed by atoms with Gasteiger partial charge < -0.3 is 5.11 Å². The van der Waals surface area contributed by atoms with Crippen LogP contribution in [-0.2, 0) is 4.79 Å². The summed E-state index contributed by atoms with van der Waals surface area (Å²) in [5, 5.41) is 21.8. The summed E-state index contributed by atoms with van der Waals surface area (Å²) in [6.45, 7) is 1.75. The monoisotopic (exact) mass is 283 g/mol. The van der Waals surface area contributed by atoms with Crippen molar-refractivity contribution in [3.63, 3.8) is 0 Å². The molecule has 114 valence electrons. The summed E-state index contributed by atoms with van der Waals surface area (Å²) in [6, 6.07) is 0. The second kappa shape index (κ2) is 6.20. The molecule has 4 atom stereocenters. The van der Waals surface area contributed by atoms with Gasteiger partial charge in [0.1, 0.15) is 0 Å². The van der Waals surface area contributed by atoms with Crippen molar-refractivity contribution >= 4 is 5.78 Å². The van der Waals surface area contributed by atoms with Gasteiger partial charge in [-0.1, -0.05) is 39.0 Å². The number of Topliss-reactive ketones (excluding diaryl/α,β-unsaturated/α-hetero) is 1. The molecule has 0 saturated heterocycles. The molecule has 0 aromatic carbocycles. The Labute approximate surface area is 119 Å². The van der Waals surface area contributed by atoms with E-state index in [2.05, 4.69) is 0 Å². The molecule has 2 saturated carbocycles. The smallest absolute Gasteiger partial charge is 0.282 e. The van der Waals surface area contributed by atoms with Gasteiger partial charge in [0.05, 0.1) is 12.0 Å². The molecule has 0 amide bonds. The lowest BCUT2D eigenvalue weighted by Crippen LogP contribution is -2.60. The van der Waals surface area contributed by atoms with Gasteiger partial charge in [0.15, 0.2) is 0 Å². The average Bonchev–Trinajstić information content (AvgIpc) is 2.40. The zero-order valence-electron chi connectivity index (χ0n) is 12.2. The third-order valence-corrected chi connectivity index (χ3v) is 5.29. The Morgan fingerprint density at radius 2 is 1.80 bits per heavy atom. The molecule has 0 unspecified atom stereocenters. The van der Waals surface area contributed by atoms with Gasteiger partial charge in [0, 0.05) is 17.3 Å². The third-order valence-electron chi connectivity index (χ3n) is 5.29. The Hall–Kier alpha value is -0.970. The van der Waals surface area contributed by atoms with Crippen LogP contribution in [0.4, 0.5) is 0 Å². The molecule has 2 fully saturated rings. The molecule has 0 aliphatic heterocycles. The number of nitro groups is 1. The Kier molecular flexibility index (Phi) is 4.78. The molecule has 1 N–H and O–H groups in total. The number of rotatable bonds is 1. The van der Waals surface area contributed by atoms with Crippen molar-refractivity contribution in [1.29, 1.82) is 0 Å². The summed E-state index contributed by atoms with van der Waals surface area (Å²) in [6.07, 6.45) is 6.45. The minimum atomic E-state index is -1.45. The van der Waals surface area contributed by atoms with Crippen molar-refractivity contribution in [2.24, 2.45) is 11.8 Å². The first-order chi connectivity index (χ1) is 9.50. The van der Waals surface area contributed by atoms with Crippen molar-refractivity contribution in [1.82, 2.24) is 0 Å². The summed E-state index contributed by atoms with van der Waals surface area (Å²) in [7, 11) is 0. The van der Waals surface area contributed by atoms with Crippen molar-refractivity contribution < 1.29 is 14.8 Å². The van der Waals surface area contributed by atoms with Crippen LogP contribution in [0.15, 0.2) is 0 Å². The summed E-state index contributed by atoms with van der Waals surface area (Å²) in [5.41, 5.74) is -1.45. The van der Waals surface area contributed by atoms with Gasteiger partial charge in [0.2, 0.25) is 5.78 Å². The number of aliphatic hydroxyl groups is 1. The van der Waals surface area contributed by atoms with Crippen LogP contribution in [-0.4, -0.2) is 27.5 Å². The van der Waals surface area contributed by atoms with Gasteiger partial charge in [0.25, 0.3) is 5.54 Å². The van der Waals surface area contributed by atoms with Crippen molar-refractivity contribution in [2.45, 2.75) is 76.4 Å². The van der Waals surface area contributed by atoms with Crippen molar-refractivity contribution in [2.75, 3.05) is 0 Å². The van der Waals surface area contributed by atoms with E-state index in [1.165, 1.54) is 0 Å². The van der Waals surface area contributed by atoms with E-state index < -0.39 is 17.6 Å². The number of hydrogen-bond acceptors (Lipinski definition) is 4. The summed E-state index contributed by atoms with van der Waals surface area (Å²) in [5.74, 6) is -1.22. The third kappa shape index (κ3) is 2.60.